The van der Waals surface area contributed by atoms with E-state index in [0.29, 0.717) is 16.6 Å². The van der Waals surface area contributed by atoms with Crippen LogP contribution >= 0.6 is 0 Å². The lowest BCUT2D eigenvalue weighted by molar-refractivity contribution is -0.873. The summed E-state index contributed by atoms with van der Waals surface area (Å²) in [5.41, 5.74) is 0.331. The molecule has 0 heterocycles. The number of carbonyl (C=O) groups is 3. The topological polar surface area (TPSA) is 101 Å². The average molecular weight is 340 g/mol. The van der Waals surface area contributed by atoms with Crippen LogP contribution in [-0.4, -0.2) is 66.4 Å². The van der Waals surface area contributed by atoms with Crippen LogP contribution in [0.5, 0.6) is 0 Å². The van der Waals surface area contributed by atoms with E-state index >= 15 is 0 Å². The summed E-state index contributed by atoms with van der Waals surface area (Å²) in [6, 6.07) is 8.30. The fraction of sp³-hybridized carbons (Fsp3) is 0.471. The summed E-state index contributed by atoms with van der Waals surface area (Å²) in [6.45, 7) is 2.18. The van der Waals surface area contributed by atoms with Crippen molar-refractivity contribution in [2.45, 2.75) is 25.9 Å². The van der Waals surface area contributed by atoms with Crippen LogP contribution in [0.15, 0.2) is 30.3 Å². The number of rotatable bonds is 7. The summed E-state index contributed by atoms with van der Waals surface area (Å²) in [5.74, 6) is -2.18. The number of nitrogens with zero attached hydrogens (tertiary/aromatic N) is 1. The quantitative estimate of drug-likeness (QED) is 0.580. The van der Waals surface area contributed by atoms with Gasteiger partial charge >= 0.3 is 17.9 Å². The summed E-state index contributed by atoms with van der Waals surface area (Å²) < 4.78 is 5.62. The fourth-order valence-electron chi connectivity index (χ4n) is 1.80. The van der Waals surface area contributed by atoms with Crippen molar-refractivity contribution >= 4 is 17.9 Å². The van der Waals surface area contributed by atoms with E-state index < -0.39 is 18.0 Å². The van der Waals surface area contributed by atoms with E-state index in [4.69, 9.17) is 14.9 Å². The highest BCUT2D eigenvalue weighted by Gasteiger charge is 2.24. The molecule has 0 saturated heterocycles. The third-order valence-electron chi connectivity index (χ3n) is 2.76. The van der Waals surface area contributed by atoms with E-state index in [1.165, 1.54) is 0 Å². The minimum absolute atomic E-state index is 0.138. The number of quaternary nitrogens is 1. The molecule has 0 aromatic heterocycles. The molecule has 7 nitrogen and oxygen atoms in total. The number of hydrogen-bond donors (Lipinski definition) is 2. The van der Waals surface area contributed by atoms with Gasteiger partial charge in [0.15, 0.2) is 6.10 Å². The molecule has 0 aliphatic rings. The minimum atomic E-state index is -0.947. The molecule has 0 aliphatic carbocycles. The van der Waals surface area contributed by atoms with Gasteiger partial charge in [0.2, 0.25) is 0 Å². The van der Waals surface area contributed by atoms with E-state index in [1.807, 2.05) is 21.1 Å². The Morgan fingerprint density at radius 3 is 1.96 bits per heavy atom. The Bertz CT molecular complexity index is 536. The van der Waals surface area contributed by atoms with Crippen molar-refractivity contribution in [2.24, 2.45) is 0 Å². The number of carbonyl (C=O) groups excluding carboxylic acids is 1. The van der Waals surface area contributed by atoms with Crippen LogP contribution in [0.3, 0.4) is 0 Å². The molecule has 134 valence electrons. The predicted octanol–water partition coefficient (Wildman–Crippen LogP) is 1.87. The molecule has 0 unspecified atom stereocenters. The smallest absolute Gasteiger partial charge is 0.335 e. The minimum Gasteiger partial charge on any atom is -0.481 e. The molecule has 0 spiro atoms. The summed E-state index contributed by atoms with van der Waals surface area (Å²) in [6.07, 6.45) is -0.413. The molecule has 0 bridgehead atoms. The van der Waals surface area contributed by atoms with Gasteiger partial charge in [-0.2, -0.15) is 0 Å². The van der Waals surface area contributed by atoms with Gasteiger partial charge in [-0.05, 0) is 12.1 Å². The maximum absolute atomic E-state index is 11.1. The molecule has 0 radical (unpaired) electrons. The van der Waals surface area contributed by atoms with E-state index in [-0.39, 0.29) is 18.8 Å². The third-order valence-corrected chi connectivity index (χ3v) is 2.76. The first-order valence-electron chi connectivity index (χ1n) is 7.55. The van der Waals surface area contributed by atoms with E-state index in [2.05, 4.69) is 0 Å². The van der Waals surface area contributed by atoms with Crippen molar-refractivity contribution in [3.63, 3.8) is 0 Å². The lowest BCUT2D eigenvalue weighted by Crippen LogP contribution is -2.43. The van der Waals surface area contributed by atoms with Gasteiger partial charge in [0.25, 0.3) is 0 Å². The number of aliphatic carboxylic acids is 1. The van der Waals surface area contributed by atoms with Gasteiger partial charge in [-0.25, -0.2) is 4.79 Å². The Labute approximate surface area is 142 Å². The van der Waals surface area contributed by atoms with Gasteiger partial charge in [0.05, 0.1) is 33.1 Å². The van der Waals surface area contributed by atoms with Crippen molar-refractivity contribution in [3.8, 4) is 0 Å². The van der Waals surface area contributed by atoms with Gasteiger partial charge in [0, 0.05) is 6.42 Å². The second-order valence-corrected chi connectivity index (χ2v) is 6.21. The van der Waals surface area contributed by atoms with Crippen molar-refractivity contribution in [3.05, 3.63) is 35.9 Å². The highest BCUT2D eigenvalue weighted by atomic mass is 16.5. The normalized spacial score (nSPS) is 11.7. The zero-order chi connectivity index (χ0) is 18.8. The van der Waals surface area contributed by atoms with Crippen LogP contribution in [0.2, 0.25) is 0 Å². The Morgan fingerprint density at radius 2 is 1.62 bits per heavy atom. The number of likely N-dealkylation sites (N-methyl/N-ethyl adjacent to an activating group) is 1. The SMILES string of the molecule is CCC(=O)O[C@H](CC(=O)O)C[N+](C)(C)C.O=C(O)c1ccccc1. The summed E-state index contributed by atoms with van der Waals surface area (Å²) in [7, 11) is 5.78. The maximum Gasteiger partial charge on any atom is 0.335 e. The summed E-state index contributed by atoms with van der Waals surface area (Å²) in [5, 5.41) is 17.1. The Hall–Kier alpha value is -2.41. The Balaban J connectivity index is 0.000000496. The molecular formula is C17H26NO6+. The predicted molar refractivity (Wildman–Crippen MR) is 88.7 cm³/mol. The first kappa shape index (κ1) is 21.6. The van der Waals surface area contributed by atoms with Crippen molar-refractivity contribution in [2.75, 3.05) is 27.7 Å². The molecule has 1 aromatic carbocycles. The average Bonchev–Trinajstić information content (AvgIpc) is 2.46. The zero-order valence-electron chi connectivity index (χ0n) is 14.6. The largest absolute Gasteiger partial charge is 0.481 e. The molecule has 0 fully saturated rings. The monoisotopic (exact) mass is 340 g/mol. The van der Waals surface area contributed by atoms with Gasteiger partial charge in [-0.15, -0.1) is 0 Å². The first-order chi connectivity index (χ1) is 11.0. The molecule has 2 N–H and O–H groups in total. The standard InChI is InChI=1S/C10H19NO4.C7H6O2/c1-5-10(14)15-8(6-9(12)13)7-11(2,3)4;8-7(9)6-4-2-1-3-5-6/h8H,5-7H2,1-4H3;1-5H,(H,8,9)/p+1/t8-;/m1./s1. The van der Waals surface area contributed by atoms with Gasteiger partial charge < -0.3 is 19.4 Å². The number of carboxylic acids is 2. The highest BCUT2D eigenvalue weighted by Crippen LogP contribution is 2.06. The number of esters is 1. The second-order valence-electron chi connectivity index (χ2n) is 6.21. The number of benzene rings is 1. The number of ether oxygens (including phenoxy) is 1. The van der Waals surface area contributed by atoms with Crippen molar-refractivity contribution < 1.29 is 33.8 Å². The first-order valence-corrected chi connectivity index (χ1v) is 7.55. The maximum atomic E-state index is 11.1. The Morgan fingerprint density at radius 1 is 1.08 bits per heavy atom. The molecule has 1 rings (SSSR count). The Kier molecular flexibility index (Phi) is 9.34. The lowest BCUT2D eigenvalue weighted by Gasteiger charge is -2.28. The number of carboxylic acid groups (broad SMARTS) is 2. The van der Waals surface area contributed by atoms with Crippen LogP contribution in [-0.2, 0) is 14.3 Å². The zero-order valence-corrected chi connectivity index (χ0v) is 14.6. The van der Waals surface area contributed by atoms with Crippen LogP contribution in [0, 0.1) is 0 Å². The van der Waals surface area contributed by atoms with Crippen LogP contribution in [0.4, 0.5) is 0 Å². The van der Waals surface area contributed by atoms with Gasteiger partial charge in [-0.3, -0.25) is 9.59 Å². The van der Waals surface area contributed by atoms with Crippen molar-refractivity contribution in [1.29, 1.82) is 0 Å². The molecule has 1 aromatic rings. The second kappa shape index (κ2) is 10.4. The third kappa shape index (κ3) is 11.2. The van der Waals surface area contributed by atoms with Gasteiger partial charge in [-0.1, -0.05) is 25.1 Å². The molecule has 7 heteroatoms. The number of aromatic carboxylic acids is 1. The van der Waals surface area contributed by atoms with E-state index in [9.17, 15) is 14.4 Å². The van der Waals surface area contributed by atoms with Crippen LogP contribution < -0.4 is 0 Å². The molecule has 1 atom stereocenters. The van der Waals surface area contributed by atoms with Crippen LogP contribution in [0.25, 0.3) is 0 Å². The van der Waals surface area contributed by atoms with Gasteiger partial charge in [0.1, 0.15) is 6.54 Å². The van der Waals surface area contributed by atoms with E-state index in [0.717, 1.165) is 0 Å². The number of hydrogen-bond acceptors (Lipinski definition) is 4. The lowest BCUT2D eigenvalue weighted by atomic mass is 10.2. The molecular weight excluding hydrogens is 314 g/mol. The molecule has 0 amide bonds. The fourth-order valence-corrected chi connectivity index (χ4v) is 1.80. The van der Waals surface area contributed by atoms with E-state index in [1.54, 1.807) is 37.3 Å². The summed E-state index contributed by atoms with van der Waals surface area (Å²) >= 11 is 0. The molecule has 0 aliphatic heterocycles. The van der Waals surface area contributed by atoms with Crippen LogP contribution in [0.1, 0.15) is 30.1 Å². The highest BCUT2D eigenvalue weighted by molar-refractivity contribution is 5.87. The molecule has 0 saturated carbocycles. The van der Waals surface area contributed by atoms with Crippen molar-refractivity contribution in [1.82, 2.24) is 0 Å². The molecule has 24 heavy (non-hydrogen) atoms. The summed E-state index contributed by atoms with van der Waals surface area (Å²) in [4.78, 5) is 31.8.